The number of carbonyl (C=O) groups excluding carboxylic acids is 1. The van der Waals surface area contributed by atoms with E-state index in [0.29, 0.717) is 6.42 Å². The zero-order valence-electron chi connectivity index (χ0n) is 6.70. The van der Waals surface area contributed by atoms with E-state index in [2.05, 4.69) is 0 Å². The monoisotopic (exact) mass is 159 g/mol. The minimum absolute atomic E-state index is 0.170. The van der Waals surface area contributed by atoms with Gasteiger partial charge in [0.1, 0.15) is 5.92 Å². The van der Waals surface area contributed by atoms with Crippen molar-refractivity contribution in [2.45, 2.75) is 20.3 Å². The lowest BCUT2D eigenvalue weighted by atomic mass is 9.97. The number of aliphatic carboxylic acids is 1. The van der Waals surface area contributed by atoms with E-state index in [1.807, 2.05) is 13.8 Å². The van der Waals surface area contributed by atoms with Gasteiger partial charge >= 0.3 is 5.97 Å². The highest BCUT2D eigenvalue weighted by Crippen LogP contribution is 2.10. The van der Waals surface area contributed by atoms with E-state index in [1.165, 1.54) is 0 Å². The summed E-state index contributed by atoms with van der Waals surface area (Å²) in [4.78, 5) is 20.9. The molecule has 0 rings (SSSR count). The van der Waals surface area contributed by atoms with Gasteiger partial charge in [0.25, 0.3) is 0 Å². The summed E-state index contributed by atoms with van der Waals surface area (Å²) in [5.41, 5.74) is 4.87. The smallest absolute Gasteiger partial charge is 0.316 e. The average molecular weight is 159 g/mol. The topological polar surface area (TPSA) is 80.4 Å². The third kappa shape index (κ3) is 3.60. The number of hydrogen-bond donors (Lipinski definition) is 2. The van der Waals surface area contributed by atoms with Crippen LogP contribution in [0.4, 0.5) is 0 Å². The maximum Gasteiger partial charge on any atom is 0.316 e. The second kappa shape index (κ2) is 3.95. The van der Waals surface area contributed by atoms with Gasteiger partial charge in [-0.25, -0.2) is 0 Å². The summed E-state index contributed by atoms with van der Waals surface area (Å²) in [5.74, 6) is -2.75. The first-order valence-electron chi connectivity index (χ1n) is 3.47. The molecule has 3 N–H and O–H groups in total. The average Bonchev–Trinajstić information content (AvgIpc) is 1.81. The first-order chi connectivity index (χ1) is 4.95. The predicted molar refractivity (Wildman–Crippen MR) is 39.8 cm³/mol. The molecule has 0 aliphatic heterocycles. The molecule has 0 spiro atoms. The van der Waals surface area contributed by atoms with Crippen molar-refractivity contribution in [3.8, 4) is 0 Å². The number of primary amides is 1. The van der Waals surface area contributed by atoms with Gasteiger partial charge in [-0.1, -0.05) is 13.8 Å². The van der Waals surface area contributed by atoms with Gasteiger partial charge in [0, 0.05) is 0 Å². The lowest BCUT2D eigenvalue weighted by molar-refractivity contribution is -0.146. The molecule has 0 radical (unpaired) electrons. The molecule has 11 heavy (non-hydrogen) atoms. The lowest BCUT2D eigenvalue weighted by Gasteiger charge is -2.09. The number of carboxylic acid groups (broad SMARTS) is 1. The SMILES string of the molecule is CC(C)C[C@@H](C(N)=O)C(=O)O. The fraction of sp³-hybridized carbons (Fsp3) is 0.714. The maximum absolute atomic E-state index is 10.5. The highest BCUT2D eigenvalue weighted by molar-refractivity contribution is 5.95. The first kappa shape index (κ1) is 9.94. The quantitative estimate of drug-likeness (QED) is 0.576. The maximum atomic E-state index is 10.5. The Morgan fingerprint density at radius 3 is 2.00 bits per heavy atom. The lowest BCUT2D eigenvalue weighted by Crippen LogP contribution is -2.31. The van der Waals surface area contributed by atoms with Crippen LogP contribution in [0.3, 0.4) is 0 Å². The number of hydrogen-bond acceptors (Lipinski definition) is 2. The van der Waals surface area contributed by atoms with Crippen LogP contribution in [-0.2, 0) is 9.59 Å². The fourth-order valence-corrected chi connectivity index (χ4v) is 0.810. The van der Waals surface area contributed by atoms with Crippen molar-refractivity contribution in [1.82, 2.24) is 0 Å². The van der Waals surface area contributed by atoms with Crippen molar-refractivity contribution in [2.24, 2.45) is 17.6 Å². The molecule has 0 aromatic rings. The van der Waals surface area contributed by atoms with Crippen molar-refractivity contribution in [2.75, 3.05) is 0 Å². The van der Waals surface area contributed by atoms with Gasteiger partial charge in [0.05, 0.1) is 0 Å². The molecule has 1 atom stereocenters. The molecule has 0 fully saturated rings. The Hall–Kier alpha value is -1.06. The summed E-state index contributed by atoms with van der Waals surface area (Å²) in [5, 5.41) is 8.49. The second-order valence-electron chi connectivity index (χ2n) is 2.92. The number of carbonyl (C=O) groups is 2. The fourth-order valence-electron chi connectivity index (χ4n) is 0.810. The molecule has 64 valence electrons. The highest BCUT2D eigenvalue weighted by atomic mass is 16.4. The number of carboxylic acids is 1. The summed E-state index contributed by atoms with van der Waals surface area (Å²) >= 11 is 0. The van der Waals surface area contributed by atoms with Crippen molar-refractivity contribution in [3.63, 3.8) is 0 Å². The minimum Gasteiger partial charge on any atom is -0.481 e. The van der Waals surface area contributed by atoms with Crippen molar-refractivity contribution in [3.05, 3.63) is 0 Å². The Bertz CT molecular complexity index is 151. The molecule has 4 heteroatoms. The van der Waals surface area contributed by atoms with Gasteiger partial charge in [-0.2, -0.15) is 0 Å². The predicted octanol–water partition coefficient (Wildman–Crippen LogP) is 0.219. The Labute approximate surface area is 65.4 Å². The van der Waals surface area contributed by atoms with E-state index in [4.69, 9.17) is 10.8 Å². The van der Waals surface area contributed by atoms with Crippen LogP contribution >= 0.6 is 0 Å². The molecule has 1 amide bonds. The molecule has 4 nitrogen and oxygen atoms in total. The molecule has 0 bridgehead atoms. The molecule has 0 aromatic heterocycles. The molecular formula is C7H13NO3. The Balaban J connectivity index is 4.12. The zero-order chi connectivity index (χ0) is 9.02. The molecule has 0 saturated heterocycles. The van der Waals surface area contributed by atoms with E-state index >= 15 is 0 Å². The summed E-state index contributed by atoms with van der Waals surface area (Å²) in [7, 11) is 0. The zero-order valence-corrected chi connectivity index (χ0v) is 6.70. The van der Waals surface area contributed by atoms with Crippen LogP contribution in [0.5, 0.6) is 0 Å². The Kier molecular flexibility index (Phi) is 3.57. The standard InChI is InChI=1S/C7H13NO3/c1-4(2)3-5(6(8)9)7(10)11/h4-5H,3H2,1-2H3,(H2,8,9)(H,10,11)/t5-/m0/s1. The Morgan fingerprint density at radius 2 is 1.91 bits per heavy atom. The van der Waals surface area contributed by atoms with Crippen LogP contribution in [-0.4, -0.2) is 17.0 Å². The van der Waals surface area contributed by atoms with E-state index < -0.39 is 17.8 Å². The highest BCUT2D eigenvalue weighted by Gasteiger charge is 2.24. The minimum atomic E-state index is -1.13. The Morgan fingerprint density at radius 1 is 1.45 bits per heavy atom. The van der Waals surface area contributed by atoms with E-state index in [0.717, 1.165) is 0 Å². The molecule has 0 unspecified atom stereocenters. The largest absolute Gasteiger partial charge is 0.481 e. The summed E-state index contributed by atoms with van der Waals surface area (Å²) in [6, 6.07) is 0. The molecule has 0 aromatic carbocycles. The van der Waals surface area contributed by atoms with E-state index in [1.54, 1.807) is 0 Å². The van der Waals surface area contributed by atoms with Gasteiger partial charge < -0.3 is 10.8 Å². The third-order valence-corrected chi connectivity index (χ3v) is 1.35. The van der Waals surface area contributed by atoms with Crippen molar-refractivity contribution < 1.29 is 14.7 Å². The van der Waals surface area contributed by atoms with E-state index in [9.17, 15) is 9.59 Å². The van der Waals surface area contributed by atoms with Crippen LogP contribution in [0.25, 0.3) is 0 Å². The molecular weight excluding hydrogens is 146 g/mol. The number of nitrogens with two attached hydrogens (primary N) is 1. The number of amides is 1. The molecule has 0 heterocycles. The first-order valence-corrected chi connectivity index (χ1v) is 3.47. The van der Waals surface area contributed by atoms with Gasteiger partial charge in [0.15, 0.2) is 0 Å². The third-order valence-electron chi connectivity index (χ3n) is 1.35. The van der Waals surface area contributed by atoms with Crippen molar-refractivity contribution in [1.29, 1.82) is 0 Å². The van der Waals surface area contributed by atoms with Crippen LogP contribution in [0.15, 0.2) is 0 Å². The number of rotatable bonds is 4. The van der Waals surface area contributed by atoms with Crippen molar-refractivity contribution >= 4 is 11.9 Å². The molecule has 0 aliphatic carbocycles. The summed E-state index contributed by atoms with van der Waals surface area (Å²) < 4.78 is 0. The van der Waals surface area contributed by atoms with E-state index in [-0.39, 0.29) is 5.92 Å². The summed E-state index contributed by atoms with van der Waals surface area (Å²) in [6.07, 6.45) is 0.310. The normalized spacial score (nSPS) is 13.0. The van der Waals surface area contributed by atoms with Gasteiger partial charge in [-0.05, 0) is 12.3 Å². The summed E-state index contributed by atoms with van der Waals surface area (Å²) in [6.45, 7) is 3.69. The van der Waals surface area contributed by atoms with Crippen LogP contribution in [0, 0.1) is 11.8 Å². The van der Waals surface area contributed by atoms with Crippen LogP contribution in [0.1, 0.15) is 20.3 Å². The van der Waals surface area contributed by atoms with Crippen LogP contribution in [0.2, 0.25) is 0 Å². The molecule has 0 aliphatic rings. The van der Waals surface area contributed by atoms with Gasteiger partial charge in [0.2, 0.25) is 5.91 Å². The van der Waals surface area contributed by atoms with Crippen LogP contribution < -0.4 is 5.73 Å². The second-order valence-corrected chi connectivity index (χ2v) is 2.92. The molecule has 0 saturated carbocycles. The van der Waals surface area contributed by atoms with Gasteiger partial charge in [-0.3, -0.25) is 9.59 Å². The van der Waals surface area contributed by atoms with Gasteiger partial charge in [-0.15, -0.1) is 0 Å².